The van der Waals surface area contributed by atoms with Crippen LogP contribution in [0, 0.1) is 10.1 Å². The molecule has 0 bridgehead atoms. The molecule has 1 saturated heterocycles. The van der Waals surface area contributed by atoms with Gasteiger partial charge in [0.1, 0.15) is 12.2 Å². The fourth-order valence-electron chi connectivity index (χ4n) is 3.32. The average molecular weight is 524 g/mol. The van der Waals surface area contributed by atoms with E-state index >= 15 is 0 Å². The number of hydrogen-bond donors (Lipinski definition) is 1. The Kier molecular flexibility index (Phi) is 6.60. The molecule has 1 N–H and O–H groups in total. The van der Waals surface area contributed by atoms with Gasteiger partial charge >= 0.3 is 0 Å². The van der Waals surface area contributed by atoms with Crippen LogP contribution in [0.15, 0.2) is 76.8 Å². The Hall–Kier alpha value is -4.18. The molecule has 0 aliphatic carbocycles. The Labute approximate surface area is 202 Å². The zero-order valence-electron chi connectivity index (χ0n) is 17.9. The molecule has 2 amide bonds. The smallest absolute Gasteiger partial charge is 0.282 e. The van der Waals surface area contributed by atoms with Crippen LogP contribution in [-0.4, -0.2) is 23.8 Å². The van der Waals surface area contributed by atoms with Crippen molar-refractivity contribution < 1.29 is 24.0 Å². The third kappa shape index (κ3) is 4.76. The van der Waals surface area contributed by atoms with Gasteiger partial charge in [-0.25, -0.2) is 5.01 Å². The van der Waals surface area contributed by atoms with Crippen LogP contribution in [0.25, 0.3) is 6.08 Å². The van der Waals surface area contributed by atoms with E-state index in [1.54, 1.807) is 48.5 Å². The number of rotatable bonds is 7. The molecule has 0 aromatic heterocycles. The van der Waals surface area contributed by atoms with E-state index in [9.17, 15) is 19.7 Å². The first-order valence-electron chi connectivity index (χ1n) is 10.0. The second-order valence-corrected chi connectivity index (χ2v) is 8.08. The minimum atomic E-state index is -0.512. The van der Waals surface area contributed by atoms with Gasteiger partial charge in [0.05, 0.1) is 22.2 Å². The summed E-state index contributed by atoms with van der Waals surface area (Å²) in [6, 6.07) is 18.2. The first-order valence-corrected chi connectivity index (χ1v) is 10.8. The van der Waals surface area contributed by atoms with Crippen LogP contribution >= 0.6 is 15.9 Å². The molecule has 10 heteroatoms. The summed E-state index contributed by atoms with van der Waals surface area (Å²) in [5.41, 5.74) is 4.39. The minimum absolute atomic E-state index is 0.00349. The number of benzene rings is 3. The van der Waals surface area contributed by atoms with Gasteiger partial charge in [-0.15, -0.1) is 0 Å². The van der Waals surface area contributed by atoms with Crippen molar-refractivity contribution >= 4 is 45.2 Å². The number of hydrazine groups is 1. The molecule has 1 aliphatic rings. The molecule has 1 fully saturated rings. The van der Waals surface area contributed by atoms with Crippen LogP contribution in [0.1, 0.15) is 11.1 Å². The number of nitro groups is 1. The summed E-state index contributed by atoms with van der Waals surface area (Å²) in [6.45, 7) is 0.153. The molecule has 34 heavy (non-hydrogen) atoms. The largest absolute Gasteiger partial charge is 0.493 e. The highest BCUT2D eigenvalue weighted by molar-refractivity contribution is 9.10. The van der Waals surface area contributed by atoms with E-state index in [1.807, 2.05) is 6.07 Å². The maximum atomic E-state index is 12.8. The lowest BCUT2D eigenvalue weighted by Gasteiger charge is -2.14. The topological polar surface area (TPSA) is 111 Å². The van der Waals surface area contributed by atoms with E-state index < -0.39 is 16.7 Å². The summed E-state index contributed by atoms with van der Waals surface area (Å²) in [5.74, 6) is -0.183. The molecule has 4 rings (SSSR count). The summed E-state index contributed by atoms with van der Waals surface area (Å²) in [4.78, 5) is 35.6. The van der Waals surface area contributed by atoms with E-state index in [-0.39, 0.29) is 17.9 Å². The lowest BCUT2D eigenvalue weighted by atomic mass is 10.1. The molecule has 0 spiro atoms. The number of amides is 2. The summed E-state index contributed by atoms with van der Waals surface area (Å²) < 4.78 is 11.9. The molecular formula is C24H18BrN3O6. The number of carbonyl (C=O) groups excluding carboxylic acids is 2. The lowest BCUT2D eigenvalue weighted by molar-refractivity contribution is -0.384. The van der Waals surface area contributed by atoms with Crippen molar-refractivity contribution in [3.63, 3.8) is 0 Å². The standard InChI is InChI=1S/C24H18BrN3O6/c1-33-21-13-16(11-19-23(29)26-27(24(19)30)17-5-3-2-4-6-17)12-20(25)22(21)34-14-15-7-9-18(10-8-15)28(31)32/h2-13H,14H2,1H3,(H,26,29)/b19-11-. The second kappa shape index (κ2) is 9.75. The van der Waals surface area contributed by atoms with Crippen molar-refractivity contribution in [3.05, 3.63) is 98.0 Å². The first-order chi connectivity index (χ1) is 16.4. The van der Waals surface area contributed by atoms with Gasteiger partial charge < -0.3 is 9.47 Å². The summed E-state index contributed by atoms with van der Waals surface area (Å²) >= 11 is 3.45. The van der Waals surface area contributed by atoms with Gasteiger partial charge in [0.15, 0.2) is 11.5 Å². The molecule has 0 radical (unpaired) electrons. The van der Waals surface area contributed by atoms with Gasteiger partial charge in [-0.3, -0.25) is 25.1 Å². The Morgan fingerprint density at radius 3 is 2.44 bits per heavy atom. The van der Waals surface area contributed by atoms with Gasteiger partial charge in [0.2, 0.25) is 0 Å². The quantitative estimate of drug-likeness (QED) is 0.212. The number of nitrogens with zero attached hydrogens (tertiary/aromatic N) is 2. The predicted molar refractivity (Wildman–Crippen MR) is 128 cm³/mol. The highest BCUT2D eigenvalue weighted by atomic mass is 79.9. The van der Waals surface area contributed by atoms with Gasteiger partial charge in [-0.2, -0.15) is 0 Å². The molecule has 0 saturated carbocycles. The third-order valence-electron chi connectivity index (χ3n) is 5.00. The Balaban J connectivity index is 1.55. The number of hydrogen-bond acceptors (Lipinski definition) is 6. The van der Waals surface area contributed by atoms with Crippen molar-refractivity contribution in [1.29, 1.82) is 0 Å². The number of non-ortho nitro benzene ring substituents is 1. The van der Waals surface area contributed by atoms with Crippen LogP contribution in [0.4, 0.5) is 11.4 Å². The fourth-order valence-corrected chi connectivity index (χ4v) is 3.89. The Bertz CT molecular complexity index is 1290. The maximum absolute atomic E-state index is 12.8. The molecule has 3 aromatic carbocycles. The molecular weight excluding hydrogens is 506 g/mol. The summed E-state index contributed by atoms with van der Waals surface area (Å²) in [6.07, 6.45) is 1.48. The van der Waals surface area contributed by atoms with Crippen LogP contribution in [0.2, 0.25) is 0 Å². The number of para-hydroxylation sites is 1. The zero-order chi connectivity index (χ0) is 24.2. The van der Waals surface area contributed by atoms with Crippen molar-refractivity contribution in [1.82, 2.24) is 5.43 Å². The van der Waals surface area contributed by atoms with Crippen LogP contribution in [-0.2, 0) is 16.2 Å². The first kappa shape index (κ1) is 23.0. The van der Waals surface area contributed by atoms with Crippen LogP contribution in [0.3, 0.4) is 0 Å². The van der Waals surface area contributed by atoms with Crippen LogP contribution in [0.5, 0.6) is 11.5 Å². The number of halogens is 1. The van der Waals surface area contributed by atoms with Crippen molar-refractivity contribution in [2.75, 3.05) is 12.1 Å². The number of nitrogens with one attached hydrogen (secondary N) is 1. The normalized spacial score (nSPS) is 14.3. The highest BCUT2D eigenvalue weighted by Crippen LogP contribution is 2.38. The molecule has 1 aliphatic heterocycles. The fraction of sp³-hybridized carbons (Fsp3) is 0.0833. The van der Waals surface area contributed by atoms with Gasteiger partial charge in [0, 0.05) is 12.1 Å². The molecule has 0 unspecified atom stereocenters. The van der Waals surface area contributed by atoms with Gasteiger partial charge in [-0.1, -0.05) is 18.2 Å². The summed E-state index contributed by atoms with van der Waals surface area (Å²) in [7, 11) is 1.47. The Morgan fingerprint density at radius 1 is 1.09 bits per heavy atom. The molecule has 172 valence electrons. The number of nitro benzene ring substituents is 1. The molecule has 9 nitrogen and oxygen atoms in total. The van der Waals surface area contributed by atoms with E-state index in [1.165, 1.54) is 30.3 Å². The monoisotopic (exact) mass is 523 g/mol. The second-order valence-electron chi connectivity index (χ2n) is 7.22. The van der Waals surface area contributed by atoms with E-state index in [4.69, 9.17) is 9.47 Å². The lowest BCUT2D eigenvalue weighted by Crippen LogP contribution is -2.35. The Morgan fingerprint density at radius 2 is 1.79 bits per heavy atom. The predicted octanol–water partition coefficient (Wildman–Crippen LogP) is 4.41. The van der Waals surface area contributed by atoms with Gasteiger partial charge in [0.25, 0.3) is 17.5 Å². The zero-order valence-corrected chi connectivity index (χ0v) is 19.4. The number of ether oxygens (including phenoxy) is 2. The molecule has 1 heterocycles. The molecule has 0 atom stereocenters. The van der Waals surface area contributed by atoms with Crippen LogP contribution < -0.4 is 19.9 Å². The molecule has 3 aromatic rings. The maximum Gasteiger partial charge on any atom is 0.282 e. The number of anilines is 1. The number of methoxy groups -OCH3 is 1. The summed E-state index contributed by atoms with van der Waals surface area (Å²) in [5, 5.41) is 12.0. The SMILES string of the molecule is COc1cc(/C=C2/C(=O)NN(c3ccccc3)C2=O)cc(Br)c1OCc1ccc([N+](=O)[O-])cc1. The van der Waals surface area contributed by atoms with Crippen molar-refractivity contribution in [2.45, 2.75) is 6.61 Å². The number of carbonyl (C=O) groups is 2. The van der Waals surface area contributed by atoms with E-state index in [2.05, 4.69) is 21.4 Å². The van der Waals surface area contributed by atoms with E-state index in [0.29, 0.717) is 27.2 Å². The van der Waals surface area contributed by atoms with Gasteiger partial charge in [-0.05, 0) is 69.5 Å². The van der Waals surface area contributed by atoms with Crippen molar-refractivity contribution in [2.24, 2.45) is 0 Å². The van der Waals surface area contributed by atoms with Crippen molar-refractivity contribution in [3.8, 4) is 11.5 Å². The highest BCUT2D eigenvalue weighted by Gasteiger charge is 2.34. The minimum Gasteiger partial charge on any atom is -0.493 e. The average Bonchev–Trinajstić information content (AvgIpc) is 3.12. The third-order valence-corrected chi connectivity index (χ3v) is 5.59. The van der Waals surface area contributed by atoms with E-state index in [0.717, 1.165) is 5.56 Å².